The lowest BCUT2D eigenvalue weighted by Gasteiger charge is -2.33. The Hall–Kier alpha value is -2.77. The molecule has 3 rings (SSSR count). The first-order valence-corrected chi connectivity index (χ1v) is 10.1. The quantitative estimate of drug-likeness (QED) is 0.680. The highest BCUT2D eigenvalue weighted by Crippen LogP contribution is 2.44. The van der Waals surface area contributed by atoms with Gasteiger partial charge in [-0.05, 0) is 36.2 Å². The summed E-state index contributed by atoms with van der Waals surface area (Å²) in [6, 6.07) is 1.97. The summed E-state index contributed by atoms with van der Waals surface area (Å²) in [5.74, 6) is 0.273. The summed E-state index contributed by atoms with van der Waals surface area (Å²) in [5, 5.41) is 10.5. The van der Waals surface area contributed by atoms with Crippen LogP contribution in [-0.2, 0) is 4.74 Å². The molecule has 0 aromatic carbocycles. The summed E-state index contributed by atoms with van der Waals surface area (Å²) in [5.41, 5.74) is 7.87. The van der Waals surface area contributed by atoms with Gasteiger partial charge in [0.1, 0.15) is 0 Å². The van der Waals surface area contributed by atoms with E-state index < -0.39 is 12.0 Å². The number of primary amides is 1. The summed E-state index contributed by atoms with van der Waals surface area (Å²) in [6.45, 7) is 11.0. The van der Waals surface area contributed by atoms with E-state index in [4.69, 9.17) is 10.5 Å². The second-order valence-electron chi connectivity index (χ2n) is 8.97. The molecule has 0 saturated heterocycles. The number of nitrogens with one attached hydrogen (secondary N) is 2. The molecule has 0 bridgehead atoms. The van der Waals surface area contributed by atoms with E-state index in [9.17, 15) is 9.59 Å². The molecule has 1 aliphatic carbocycles. The van der Waals surface area contributed by atoms with Crippen molar-refractivity contribution < 1.29 is 14.3 Å². The van der Waals surface area contributed by atoms with E-state index >= 15 is 0 Å². The molecule has 4 N–H and O–H groups in total. The van der Waals surface area contributed by atoms with Crippen LogP contribution >= 0.6 is 0 Å². The van der Waals surface area contributed by atoms with Crippen molar-refractivity contribution >= 4 is 28.9 Å². The van der Waals surface area contributed by atoms with Crippen LogP contribution in [0.1, 0.15) is 57.8 Å². The van der Waals surface area contributed by atoms with Gasteiger partial charge in [0.25, 0.3) is 5.91 Å². The van der Waals surface area contributed by atoms with Crippen molar-refractivity contribution in [2.75, 3.05) is 17.2 Å². The predicted octanol–water partition coefficient (Wildman–Crippen LogP) is 3.87. The maximum atomic E-state index is 12.0. The predicted molar refractivity (Wildman–Crippen MR) is 113 cm³/mol. The average molecular weight is 402 g/mol. The Morgan fingerprint density at radius 2 is 2.10 bits per heavy atom. The van der Waals surface area contributed by atoms with Crippen LogP contribution < -0.4 is 16.4 Å². The van der Waals surface area contributed by atoms with Crippen LogP contribution in [0.5, 0.6) is 0 Å². The largest absolute Gasteiger partial charge is 0.449 e. The van der Waals surface area contributed by atoms with Crippen LogP contribution in [-0.4, -0.2) is 34.3 Å². The zero-order valence-electron chi connectivity index (χ0n) is 17.8. The summed E-state index contributed by atoms with van der Waals surface area (Å²) >= 11 is 0. The lowest BCUT2D eigenvalue weighted by molar-refractivity contribution is 0.100. The van der Waals surface area contributed by atoms with E-state index in [1.54, 1.807) is 16.8 Å². The molecule has 0 spiro atoms. The molecule has 1 fully saturated rings. The molecule has 158 valence electrons. The van der Waals surface area contributed by atoms with Crippen LogP contribution in [0.25, 0.3) is 5.52 Å². The monoisotopic (exact) mass is 401 g/mol. The fraction of sp³-hybridized carbons (Fsp3) is 0.571. The summed E-state index contributed by atoms with van der Waals surface area (Å²) < 4.78 is 6.80. The molecular formula is C21H31N5O3. The number of aromatic nitrogens is 2. The third-order valence-corrected chi connectivity index (χ3v) is 6.07. The maximum Gasteiger partial charge on any atom is 0.411 e. The van der Waals surface area contributed by atoms with Gasteiger partial charge in [-0.3, -0.25) is 10.1 Å². The van der Waals surface area contributed by atoms with Gasteiger partial charge in [0.2, 0.25) is 0 Å². The van der Waals surface area contributed by atoms with Crippen LogP contribution in [0.4, 0.5) is 16.2 Å². The number of hydrogen-bond acceptors (Lipinski definition) is 5. The Kier molecular flexibility index (Phi) is 5.73. The zero-order chi connectivity index (χ0) is 21.3. The summed E-state index contributed by atoms with van der Waals surface area (Å²) in [4.78, 5) is 24.0. The van der Waals surface area contributed by atoms with E-state index in [1.807, 2.05) is 13.8 Å². The Bertz CT molecular complexity index is 918. The van der Waals surface area contributed by atoms with E-state index in [-0.39, 0.29) is 17.4 Å². The highest BCUT2D eigenvalue weighted by molar-refractivity contribution is 6.02. The summed E-state index contributed by atoms with van der Waals surface area (Å²) in [6.07, 6.45) is 4.75. The van der Waals surface area contributed by atoms with Gasteiger partial charge in [-0.2, -0.15) is 5.10 Å². The Balaban J connectivity index is 1.92. The number of hydrogen-bond donors (Lipinski definition) is 3. The van der Waals surface area contributed by atoms with E-state index in [0.29, 0.717) is 35.0 Å². The molecular weight excluding hydrogens is 370 g/mol. The molecule has 2 aromatic rings. The number of rotatable bonds is 6. The Morgan fingerprint density at radius 1 is 1.38 bits per heavy atom. The zero-order valence-corrected chi connectivity index (χ0v) is 17.8. The number of nitrogens with zero attached hydrogens (tertiary/aromatic N) is 2. The first-order valence-electron chi connectivity index (χ1n) is 10.1. The first kappa shape index (κ1) is 21.0. The molecule has 29 heavy (non-hydrogen) atoms. The van der Waals surface area contributed by atoms with Crippen molar-refractivity contribution in [1.82, 2.24) is 9.61 Å². The molecule has 8 nitrogen and oxygen atoms in total. The molecule has 0 aliphatic heterocycles. The second kappa shape index (κ2) is 7.93. The van der Waals surface area contributed by atoms with E-state index in [0.717, 1.165) is 12.8 Å². The van der Waals surface area contributed by atoms with Crippen LogP contribution in [0.3, 0.4) is 0 Å². The van der Waals surface area contributed by atoms with Gasteiger partial charge in [-0.1, -0.05) is 34.6 Å². The van der Waals surface area contributed by atoms with Gasteiger partial charge >= 0.3 is 6.09 Å². The number of nitrogens with two attached hydrogens (primary N) is 1. The van der Waals surface area contributed by atoms with Crippen molar-refractivity contribution in [3.63, 3.8) is 0 Å². The first-order chi connectivity index (χ1) is 13.6. The molecule has 2 aromatic heterocycles. The summed E-state index contributed by atoms with van der Waals surface area (Å²) in [7, 11) is 0. The standard InChI is InChI=1S/C21H31N5O3/c1-12(2)11-29-20(28)24-14-8-16-18(15(19(22)27)9-23-26(16)10-14)25-17-7-6-13(3)21(17,4)5/h8-10,12-13,17,25H,6-7,11H2,1-5H3,(H2,22,27)(H,24,28)/t13-,17+/m0/s1. The number of carbonyl (C=O) groups excluding carboxylic acids is 2. The van der Waals surface area contributed by atoms with Gasteiger partial charge < -0.3 is 15.8 Å². The minimum absolute atomic E-state index is 0.0729. The number of fused-ring (bicyclic) bond motifs is 1. The topological polar surface area (TPSA) is 111 Å². The normalized spacial score (nSPS) is 20.8. The highest BCUT2D eigenvalue weighted by Gasteiger charge is 2.41. The average Bonchev–Trinajstić information content (AvgIpc) is 3.15. The SMILES string of the molecule is CC(C)COC(=O)Nc1cc2c(N[C@@H]3CC[C@H](C)C3(C)C)c(C(N)=O)cnn2c1. The molecule has 8 heteroatoms. The molecule has 2 heterocycles. The molecule has 0 radical (unpaired) electrons. The van der Waals surface area contributed by atoms with E-state index in [1.165, 1.54) is 6.20 Å². The molecule has 0 unspecified atom stereocenters. The fourth-order valence-corrected chi connectivity index (χ4v) is 3.80. The van der Waals surface area contributed by atoms with E-state index in [2.05, 4.69) is 36.5 Å². The minimum atomic E-state index is -0.543. The molecule has 1 aliphatic rings. The lowest BCUT2D eigenvalue weighted by atomic mass is 9.80. The number of ether oxygens (including phenoxy) is 1. The van der Waals surface area contributed by atoms with Gasteiger partial charge in [0, 0.05) is 6.04 Å². The van der Waals surface area contributed by atoms with Gasteiger partial charge in [-0.15, -0.1) is 0 Å². The highest BCUT2D eigenvalue weighted by atomic mass is 16.5. The number of amides is 2. The second-order valence-corrected chi connectivity index (χ2v) is 8.97. The van der Waals surface area contributed by atoms with Crippen LogP contribution in [0.2, 0.25) is 0 Å². The lowest BCUT2D eigenvalue weighted by Crippen LogP contribution is -2.35. The van der Waals surface area contributed by atoms with Gasteiger partial charge in [0.15, 0.2) is 0 Å². The third kappa shape index (κ3) is 4.31. The van der Waals surface area contributed by atoms with Crippen molar-refractivity contribution in [2.24, 2.45) is 23.0 Å². The van der Waals surface area contributed by atoms with Crippen LogP contribution in [0, 0.1) is 17.3 Å². The van der Waals surface area contributed by atoms with Crippen molar-refractivity contribution in [1.29, 1.82) is 0 Å². The number of carbonyl (C=O) groups is 2. The Morgan fingerprint density at radius 3 is 2.69 bits per heavy atom. The molecule has 1 saturated carbocycles. The maximum absolute atomic E-state index is 12.0. The molecule has 2 atom stereocenters. The smallest absolute Gasteiger partial charge is 0.411 e. The third-order valence-electron chi connectivity index (χ3n) is 6.07. The fourth-order valence-electron chi connectivity index (χ4n) is 3.80. The molecule has 2 amide bonds. The minimum Gasteiger partial charge on any atom is -0.449 e. The van der Waals surface area contributed by atoms with Crippen molar-refractivity contribution in [3.05, 3.63) is 24.0 Å². The van der Waals surface area contributed by atoms with Gasteiger partial charge in [-0.25, -0.2) is 9.31 Å². The van der Waals surface area contributed by atoms with Crippen LogP contribution in [0.15, 0.2) is 18.5 Å². The number of anilines is 2. The van der Waals surface area contributed by atoms with Gasteiger partial charge in [0.05, 0.1) is 41.5 Å². The van der Waals surface area contributed by atoms with Crippen molar-refractivity contribution in [2.45, 2.75) is 53.5 Å². The Labute approximate surface area is 171 Å². The van der Waals surface area contributed by atoms with Crippen molar-refractivity contribution in [3.8, 4) is 0 Å².